The molecule has 0 radical (unpaired) electrons. The summed E-state index contributed by atoms with van der Waals surface area (Å²) in [5.41, 5.74) is 0.854. The molecule has 1 amide bonds. The average Bonchev–Trinajstić information content (AvgIpc) is 2.31. The van der Waals surface area contributed by atoms with Crippen molar-refractivity contribution in [3.05, 3.63) is 29.3 Å². The van der Waals surface area contributed by atoms with Crippen molar-refractivity contribution in [2.24, 2.45) is 5.92 Å². The number of hydrogen-bond donors (Lipinski definition) is 1. The number of anilines is 1. The van der Waals surface area contributed by atoms with Gasteiger partial charge in [0.25, 0.3) is 0 Å². The van der Waals surface area contributed by atoms with Crippen LogP contribution in [0.5, 0.6) is 0 Å². The normalized spacial score (nSPS) is 21.2. The number of hydrogen-bond acceptors (Lipinski definition) is 2. The van der Waals surface area contributed by atoms with E-state index in [1.807, 2.05) is 12.1 Å². The summed E-state index contributed by atoms with van der Waals surface area (Å²) in [6.07, 6.45) is 1.28. The number of nitrogens with zero attached hydrogens (tertiary/aromatic N) is 1. The Morgan fingerprint density at radius 3 is 2.69 bits per heavy atom. The molecule has 1 aromatic rings. The summed E-state index contributed by atoms with van der Waals surface area (Å²) in [6, 6.07) is 7.21. The van der Waals surface area contributed by atoms with Crippen LogP contribution in [0.4, 0.5) is 5.69 Å². The Labute approximate surface area is 99.6 Å². The third-order valence-electron chi connectivity index (χ3n) is 2.90. The van der Waals surface area contributed by atoms with Gasteiger partial charge in [0.15, 0.2) is 0 Å². The van der Waals surface area contributed by atoms with Gasteiger partial charge >= 0.3 is 0 Å². The minimum atomic E-state index is 0.118. The maximum atomic E-state index is 11.8. The van der Waals surface area contributed by atoms with Crippen LogP contribution in [-0.2, 0) is 4.79 Å². The number of aliphatic hydroxyl groups is 1. The van der Waals surface area contributed by atoms with Crippen molar-refractivity contribution in [3.8, 4) is 0 Å². The SMILES string of the molecule is O=C1CCC(CO)CN1c1ccc(Cl)cc1. The van der Waals surface area contributed by atoms with Crippen LogP contribution >= 0.6 is 11.6 Å². The van der Waals surface area contributed by atoms with E-state index in [-0.39, 0.29) is 18.4 Å². The first-order valence-electron chi connectivity index (χ1n) is 5.37. The van der Waals surface area contributed by atoms with Gasteiger partial charge < -0.3 is 10.0 Å². The second-order valence-corrected chi connectivity index (χ2v) is 4.50. The first-order valence-corrected chi connectivity index (χ1v) is 5.75. The number of amides is 1. The molecule has 1 unspecified atom stereocenters. The van der Waals surface area contributed by atoms with E-state index in [1.54, 1.807) is 17.0 Å². The fourth-order valence-electron chi connectivity index (χ4n) is 1.93. The number of piperidine rings is 1. The molecular formula is C12H14ClNO2. The van der Waals surface area contributed by atoms with Crippen LogP contribution in [0.1, 0.15) is 12.8 Å². The maximum Gasteiger partial charge on any atom is 0.226 e. The zero-order valence-electron chi connectivity index (χ0n) is 8.90. The minimum absolute atomic E-state index is 0.118. The third-order valence-corrected chi connectivity index (χ3v) is 3.16. The Morgan fingerprint density at radius 1 is 1.38 bits per heavy atom. The monoisotopic (exact) mass is 239 g/mol. The molecular weight excluding hydrogens is 226 g/mol. The van der Waals surface area contributed by atoms with Crippen LogP contribution in [0.3, 0.4) is 0 Å². The summed E-state index contributed by atoms with van der Waals surface area (Å²) < 4.78 is 0. The number of halogens is 1. The predicted octanol–water partition coefficient (Wildman–Crippen LogP) is 2.08. The van der Waals surface area contributed by atoms with Gasteiger partial charge in [-0.1, -0.05) is 11.6 Å². The molecule has 1 N–H and O–H groups in total. The zero-order valence-corrected chi connectivity index (χ0v) is 9.65. The molecule has 1 heterocycles. The summed E-state index contributed by atoms with van der Waals surface area (Å²) in [6.45, 7) is 0.730. The number of rotatable bonds is 2. The first kappa shape index (κ1) is 11.4. The quantitative estimate of drug-likeness (QED) is 0.859. The van der Waals surface area contributed by atoms with Crippen LogP contribution in [0.25, 0.3) is 0 Å². The van der Waals surface area contributed by atoms with Gasteiger partial charge in [-0.25, -0.2) is 0 Å². The van der Waals surface area contributed by atoms with E-state index < -0.39 is 0 Å². The molecule has 1 atom stereocenters. The smallest absolute Gasteiger partial charge is 0.226 e. The van der Waals surface area contributed by atoms with Gasteiger partial charge in [0.05, 0.1) is 0 Å². The largest absolute Gasteiger partial charge is 0.396 e. The van der Waals surface area contributed by atoms with Crippen LogP contribution in [-0.4, -0.2) is 24.2 Å². The third kappa shape index (κ3) is 2.36. The lowest BCUT2D eigenvalue weighted by atomic mass is 9.98. The number of carbonyl (C=O) groups is 1. The Bertz CT molecular complexity index is 377. The summed E-state index contributed by atoms with van der Waals surface area (Å²) >= 11 is 5.80. The fraction of sp³-hybridized carbons (Fsp3) is 0.417. The molecule has 0 aliphatic carbocycles. The highest BCUT2D eigenvalue weighted by Gasteiger charge is 2.25. The highest BCUT2D eigenvalue weighted by atomic mass is 35.5. The van der Waals surface area contributed by atoms with Gasteiger partial charge in [0, 0.05) is 36.2 Å². The Balaban J connectivity index is 2.17. The van der Waals surface area contributed by atoms with E-state index in [2.05, 4.69) is 0 Å². The second-order valence-electron chi connectivity index (χ2n) is 4.07. The number of carbonyl (C=O) groups excluding carboxylic acids is 1. The zero-order chi connectivity index (χ0) is 11.5. The fourth-order valence-corrected chi connectivity index (χ4v) is 2.06. The van der Waals surface area contributed by atoms with E-state index in [4.69, 9.17) is 16.7 Å². The second kappa shape index (κ2) is 4.85. The van der Waals surface area contributed by atoms with Crippen LogP contribution in [0, 0.1) is 5.92 Å². The lowest BCUT2D eigenvalue weighted by Gasteiger charge is -2.31. The molecule has 1 saturated heterocycles. The molecule has 1 fully saturated rings. The van der Waals surface area contributed by atoms with Gasteiger partial charge in [-0.05, 0) is 30.7 Å². The van der Waals surface area contributed by atoms with Crippen molar-refractivity contribution < 1.29 is 9.90 Å². The standard InChI is InChI=1S/C12H14ClNO2/c13-10-2-4-11(5-3-10)14-7-9(8-15)1-6-12(14)16/h2-5,9,15H,1,6-8H2. The molecule has 16 heavy (non-hydrogen) atoms. The highest BCUT2D eigenvalue weighted by Crippen LogP contribution is 2.25. The number of aliphatic hydroxyl groups excluding tert-OH is 1. The van der Waals surface area contributed by atoms with Gasteiger partial charge in [0.1, 0.15) is 0 Å². The Hall–Kier alpha value is -1.06. The first-order chi connectivity index (χ1) is 7.70. The van der Waals surface area contributed by atoms with Crippen molar-refractivity contribution >= 4 is 23.2 Å². The van der Waals surface area contributed by atoms with Crippen molar-refractivity contribution in [3.63, 3.8) is 0 Å². The number of benzene rings is 1. The topological polar surface area (TPSA) is 40.5 Å². The molecule has 1 aliphatic heterocycles. The van der Waals surface area contributed by atoms with E-state index in [1.165, 1.54) is 0 Å². The maximum absolute atomic E-state index is 11.8. The molecule has 3 nitrogen and oxygen atoms in total. The molecule has 0 aromatic heterocycles. The van der Waals surface area contributed by atoms with Crippen molar-refractivity contribution in [2.75, 3.05) is 18.1 Å². The van der Waals surface area contributed by atoms with Crippen molar-refractivity contribution in [1.82, 2.24) is 0 Å². The molecule has 0 spiro atoms. The van der Waals surface area contributed by atoms with E-state index in [9.17, 15) is 4.79 Å². The van der Waals surface area contributed by atoms with Crippen LogP contribution in [0.15, 0.2) is 24.3 Å². The molecule has 0 saturated carbocycles. The summed E-state index contributed by atoms with van der Waals surface area (Å²) in [4.78, 5) is 13.5. The molecule has 86 valence electrons. The molecule has 0 bridgehead atoms. The van der Waals surface area contributed by atoms with Gasteiger partial charge in [-0.3, -0.25) is 4.79 Å². The predicted molar refractivity (Wildman–Crippen MR) is 63.6 cm³/mol. The Morgan fingerprint density at radius 2 is 2.06 bits per heavy atom. The molecule has 4 heteroatoms. The molecule has 1 aliphatic rings. The molecule has 1 aromatic carbocycles. The van der Waals surface area contributed by atoms with E-state index in [0.29, 0.717) is 18.0 Å². The van der Waals surface area contributed by atoms with Crippen molar-refractivity contribution in [1.29, 1.82) is 0 Å². The Kier molecular flexibility index (Phi) is 3.46. The van der Waals surface area contributed by atoms with Crippen molar-refractivity contribution in [2.45, 2.75) is 12.8 Å². The summed E-state index contributed by atoms with van der Waals surface area (Å²) in [7, 11) is 0. The average molecular weight is 240 g/mol. The van der Waals surface area contributed by atoms with E-state index >= 15 is 0 Å². The van der Waals surface area contributed by atoms with Gasteiger partial charge in [0.2, 0.25) is 5.91 Å². The summed E-state index contributed by atoms with van der Waals surface area (Å²) in [5, 5.41) is 9.79. The van der Waals surface area contributed by atoms with E-state index in [0.717, 1.165) is 12.1 Å². The minimum Gasteiger partial charge on any atom is -0.396 e. The highest BCUT2D eigenvalue weighted by molar-refractivity contribution is 6.30. The summed E-state index contributed by atoms with van der Waals surface area (Å²) in [5.74, 6) is 0.306. The van der Waals surface area contributed by atoms with Gasteiger partial charge in [-0.2, -0.15) is 0 Å². The van der Waals surface area contributed by atoms with Crippen LogP contribution < -0.4 is 4.90 Å². The lowest BCUT2D eigenvalue weighted by Crippen LogP contribution is -2.41. The lowest BCUT2D eigenvalue weighted by molar-refractivity contribution is -0.120. The van der Waals surface area contributed by atoms with Gasteiger partial charge in [-0.15, -0.1) is 0 Å². The molecule has 2 rings (SSSR count). The van der Waals surface area contributed by atoms with Crippen LogP contribution in [0.2, 0.25) is 5.02 Å².